The molecule has 1 aliphatic carbocycles. The molecule has 0 heterocycles. The number of rotatable bonds is 7. The van der Waals surface area contributed by atoms with E-state index in [1.54, 1.807) is 6.92 Å². The van der Waals surface area contributed by atoms with E-state index in [4.69, 9.17) is 0 Å². The minimum absolute atomic E-state index is 0.0140. The molecule has 1 N–H and O–H groups in total. The molecule has 1 aromatic rings. The van der Waals surface area contributed by atoms with Gasteiger partial charge in [0.2, 0.25) is 5.91 Å². The van der Waals surface area contributed by atoms with Gasteiger partial charge in [-0.25, -0.2) is 0 Å². The van der Waals surface area contributed by atoms with Crippen molar-refractivity contribution < 1.29 is 9.59 Å². The lowest BCUT2D eigenvalue weighted by molar-refractivity contribution is -0.124. The Bertz CT molecular complexity index is 592. The van der Waals surface area contributed by atoms with Crippen molar-refractivity contribution in [3.05, 3.63) is 35.4 Å². The average molecular weight is 358 g/mol. The fraction of sp³-hybridized carbons (Fsp3) is 0.652. The molecule has 1 aliphatic rings. The van der Waals surface area contributed by atoms with Crippen molar-refractivity contribution in [1.29, 1.82) is 0 Å². The number of carbonyl (C=O) groups excluding carboxylic acids is 2. The molecule has 3 heteroatoms. The Morgan fingerprint density at radius 3 is 2.23 bits per heavy atom. The van der Waals surface area contributed by atoms with Crippen LogP contribution in [0.4, 0.5) is 0 Å². The van der Waals surface area contributed by atoms with Crippen LogP contribution in [0, 0.1) is 5.92 Å². The lowest BCUT2D eigenvalue weighted by atomic mass is 9.82. The first-order valence-electron chi connectivity index (χ1n) is 10.1. The van der Waals surface area contributed by atoms with Crippen molar-refractivity contribution in [2.45, 2.75) is 84.0 Å². The number of ketones is 1. The highest BCUT2D eigenvalue weighted by molar-refractivity contribution is 5.81. The van der Waals surface area contributed by atoms with Crippen LogP contribution in [-0.2, 0) is 15.0 Å². The predicted octanol–water partition coefficient (Wildman–Crippen LogP) is 5.13. The molecule has 3 nitrogen and oxygen atoms in total. The van der Waals surface area contributed by atoms with Crippen molar-refractivity contribution in [2.75, 3.05) is 6.54 Å². The molecular formula is C23H35NO2. The molecular weight excluding hydrogens is 322 g/mol. The van der Waals surface area contributed by atoms with Crippen LogP contribution in [0.1, 0.15) is 89.7 Å². The number of hydrogen-bond donors (Lipinski definition) is 1. The van der Waals surface area contributed by atoms with Crippen LogP contribution in [0.15, 0.2) is 24.3 Å². The number of nitrogens with one attached hydrogen (secondary N) is 1. The molecule has 1 aromatic carbocycles. The third-order valence-electron chi connectivity index (χ3n) is 5.65. The number of hydrogen-bond acceptors (Lipinski definition) is 2. The maximum Gasteiger partial charge on any atom is 0.216 e. The third-order valence-corrected chi connectivity index (χ3v) is 5.65. The maximum absolute atomic E-state index is 12.6. The van der Waals surface area contributed by atoms with Gasteiger partial charge in [0.1, 0.15) is 5.78 Å². The molecule has 1 fully saturated rings. The molecule has 0 bridgehead atoms. The van der Waals surface area contributed by atoms with Crippen LogP contribution in [0.3, 0.4) is 0 Å². The molecule has 0 saturated heterocycles. The molecule has 144 valence electrons. The number of benzene rings is 1. The van der Waals surface area contributed by atoms with Gasteiger partial charge in [-0.05, 0) is 35.8 Å². The molecule has 26 heavy (non-hydrogen) atoms. The Balaban J connectivity index is 2.02. The quantitative estimate of drug-likeness (QED) is 0.735. The summed E-state index contributed by atoms with van der Waals surface area (Å²) in [6.45, 7) is 8.77. The summed E-state index contributed by atoms with van der Waals surface area (Å²) in [6.07, 6.45) is 7.22. The van der Waals surface area contributed by atoms with Crippen molar-refractivity contribution >= 4 is 11.7 Å². The van der Waals surface area contributed by atoms with E-state index in [0.717, 1.165) is 19.3 Å². The Hall–Kier alpha value is -1.64. The monoisotopic (exact) mass is 357 g/mol. The van der Waals surface area contributed by atoms with Gasteiger partial charge in [0.15, 0.2) is 0 Å². The van der Waals surface area contributed by atoms with Crippen LogP contribution in [-0.4, -0.2) is 18.2 Å². The van der Waals surface area contributed by atoms with Crippen LogP contribution in [0.5, 0.6) is 0 Å². The summed E-state index contributed by atoms with van der Waals surface area (Å²) in [7, 11) is 0. The molecule has 0 aliphatic heterocycles. The number of Topliss-reactive ketones (excluding diaryl/α,β-unsaturated/α-hetero) is 1. The van der Waals surface area contributed by atoms with Gasteiger partial charge in [0, 0.05) is 31.7 Å². The molecule has 1 atom stereocenters. The summed E-state index contributed by atoms with van der Waals surface area (Å²) < 4.78 is 0. The first-order chi connectivity index (χ1) is 12.3. The summed E-state index contributed by atoms with van der Waals surface area (Å²) in [5, 5.41) is 2.94. The molecule has 1 unspecified atom stereocenters. The summed E-state index contributed by atoms with van der Waals surface area (Å²) >= 11 is 0. The van der Waals surface area contributed by atoms with Crippen molar-refractivity contribution in [3.63, 3.8) is 0 Å². The second-order valence-electron chi connectivity index (χ2n) is 8.85. The largest absolute Gasteiger partial charge is 0.356 e. The van der Waals surface area contributed by atoms with E-state index in [-0.39, 0.29) is 23.2 Å². The van der Waals surface area contributed by atoms with Gasteiger partial charge < -0.3 is 5.32 Å². The highest BCUT2D eigenvalue weighted by Gasteiger charge is 2.23. The van der Waals surface area contributed by atoms with Gasteiger partial charge in [0.05, 0.1) is 0 Å². The zero-order valence-corrected chi connectivity index (χ0v) is 16.9. The summed E-state index contributed by atoms with van der Waals surface area (Å²) in [6, 6.07) is 8.69. The zero-order valence-electron chi connectivity index (χ0n) is 16.9. The Morgan fingerprint density at radius 2 is 1.69 bits per heavy atom. The topological polar surface area (TPSA) is 46.2 Å². The van der Waals surface area contributed by atoms with Gasteiger partial charge >= 0.3 is 0 Å². The van der Waals surface area contributed by atoms with Gasteiger partial charge in [-0.2, -0.15) is 0 Å². The van der Waals surface area contributed by atoms with Gasteiger partial charge in [-0.1, -0.05) is 64.3 Å². The highest BCUT2D eigenvalue weighted by Crippen LogP contribution is 2.29. The fourth-order valence-corrected chi connectivity index (χ4v) is 3.85. The second-order valence-corrected chi connectivity index (χ2v) is 8.85. The highest BCUT2D eigenvalue weighted by atomic mass is 16.1. The smallest absolute Gasteiger partial charge is 0.216 e. The third kappa shape index (κ3) is 6.26. The van der Waals surface area contributed by atoms with E-state index in [2.05, 4.69) is 50.4 Å². The van der Waals surface area contributed by atoms with E-state index < -0.39 is 0 Å². The van der Waals surface area contributed by atoms with Gasteiger partial charge in [-0.3, -0.25) is 9.59 Å². The predicted molar refractivity (Wildman–Crippen MR) is 107 cm³/mol. The molecule has 1 amide bonds. The molecule has 1 saturated carbocycles. The van der Waals surface area contributed by atoms with E-state index in [1.165, 1.54) is 30.4 Å². The average Bonchev–Trinajstić information content (AvgIpc) is 2.61. The minimum Gasteiger partial charge on any atom is -0.356 e. The number of amides is 1. The molecule has 2 rings (SSSR count). The standard InChI is InChI=1S/C23H35NO2/c1-17(25)24-16-20(12-15-22(26)19-8-6-5-7-9-19)18-10-13-21(14-11-18)23(2,3)4/h10-11,13-14,19-20H,5-9,12,15-16H2,1-4H3,(H,24,25). The first kappa shape index (κ1) is 20.7. The van der Waals surface area contributed by atoms with E-state index in [0.29, 0.717) is 18.7 Å². The Morgan fingerprint density at radius 1 is 1.08 bits per heavy atom. The van der Waals surface area contributed by atoms with E-state index in [9.17, 15) is 9.59 Å². The molecule has 0 spiro atoms. The normalized spacial score (nSPS) is 16.9. The summed E-state index contributed by atoms with van der Waals surface area (Å²) in [5.41, 5.74) is 2.64. The zero-order chi connectivity index (χ0) is 19.2. The Labute approximate surface area is 159 Å². The molecule has 0 aromatic heterocycles. The van der Waals surface area contributed by atoms with Crippen LogP contribution < -0.4 is 5.32 Å². The minimum atomic E-state index is -0.0140. The van der Waals surface area contributed by atoms with E-state index in [1.807, 2.05) is 0 Å². The van der Waals surface area contributed by atoms with Crippen LogP contribution in [0.25, 0.3) is 0 Å². The second kappa shape index (κ2) is 9.34. The summed E-state index contributed by atoms with van der Waals surface area (Å²) in [5.74, 6) is 0.873. The lowest BCUT2D eigenvalue weighted by Gasteiger charge is -2.23. The van der Waals surface area contributed by atoms with Gasteiger partial charge in [-0.15, -0.1) is 0 Å². The van der Waals surface area contributed by atoms with Crippen LogP contribution >= 0.6 is 0 Å². The summed E-state index contributed by atoms with van der Waals surface area (Å²) in [4.78, 5) is 23.9. The lowest BCUT2D eigenvalue weighted by Crippen LogP contribution is -2.27. The fourth-order valence-electron chi connectivity index (χ4n) is 3.85. The molecule has 0 radical (unpaired) electrons. The van der Waals surface area contributed by atoms with Crippen LogP contribution in [0.2, 0.25) is 0 Å². The first-order valence-corrected chi connectivity index (χ1v) is 10.1. The van der Waals surface area contributed by atoms with Gasteiger partial charge in [0.25, 0.3) is 0 Å². The Kier molecular flexibility index (Phi) is 7.43. The SMILES string of the molecule is CC(=O)NCC(CCC(=O)C1CCCCC1)c1ccc(C(C)(C)C)cc1. The van der Waals surface area contributed by atoms with E-state index >= 15 is 0 Å². The number of carbonyl (C=O) groups is 2. The van der Waals surface area contributed by atoms with Crippen molar-refractivity contribution in [2.24, 2.45) is 5.92 Å². The maximum atomic E-state index is 12.6. The van der Waals surface area contributed by atoms with Crippen molar-refractivity contribution in [3.8, 4) is 0 Å². The van der Waals surface area contributed by atoms with Crippen molar-refractivity contribution in [1.82, 2.24) is 5.32 Å².